The zero-order valence-electron chi connectivity index (χ0n) is 10.1. The molecule has 1 aliphatic rings. The summed E-state index contributed by atoms with van der Waals surface area (Å²) in [5.74, 6) is 1.57. The summed E-state index contributed by atoms with van der Waals surface area (Å²) in [6.45, 7) is 6.27. The molecule has 2 unspecified atom stereocenters. The molecule has 2 N–H and O–H groups in total. The van der Waals surface area contributed by atoms with E-state index in [4.69, 9.17) is 5.73 Å². The Labute approximate surface area is 96.9 Å². The lowest BCUT2D eigenvalue weighted by Gasteiger charge is -2.17. The highest BCUT2D eigenvalue weighted by Crippen LogP contribution is 2.21. The highest BCUT2D eigenvalue weighted by Gasteiger charge is 2.27. The highest BCUT2D eigenvalue weighted by atomic mass is 15.2. The molecular weight excluding hydrogens is 200 g/mol. The third-order valence-corrected chi connectivity index (χ3v) is 3.21. The Hall–Kier alpha value is -1.16. The van der Waals surface area contributed by atoms with E-state index in [9.17, 15) is 0 Å². The molecule has 2 rings (SSSR count). The standard InChI is InChI=1S/C12H20N4/c1-3-4-10-5-12(15-8-14-10)16-6-9(2)11(13)7-16/h5,8-9,11H,3-4,6-7,13H2,1-2H3. The normalized spacial score (nSPS) is 25.1. The summed E-state index contributed by atoms with van der Waals surface area (Å²) in [4.78, 5) is 10.9. The van der Waals surface area contributed by atoms with Crippen molar-refractivity contribution >= 4 is 5.82 Å². The molecule has 2 heterocycles. The van der Waals surface area contributed by atoms with Gasteiger partial charge in [0.05, 0.1) is 0 Å². The zero-order chi connectivity index (χ0) is 11.5. The molecule has 1 aromatic heterocycles. The molecule has 2 atom stereocenters. The number of nitrogens with zero attached hydrogens (tertiary/aromatic N) is 3. The van der Waals surface area contributed by atoms with Crippen LogP contribution in [0.1, 0.15) is 26.0 Å². The first kappa shape index (κ1) is 11.3. The van der Waals surface area contributed by atoms with Crippen molar-refractivity contribution in [2.75, 3.05) is 18.0 Å². The Morgan fingerprint density at radius 3 is 2.88 bits per heavy atom. The smallest absolute Gasteiger partial charge is 0.132 e. The van der Waals surface area contributed by atoms with Gasteiger partial charge in [-0.15, -0.1) is 0 Å². The monoisotopic (exact) mass is 220 g/mol. The lowest BCUT2D eigenvalue weighted by Crippen LogP contribution is -2.28. The second-order valence-corrected chi connectivity index (χ2v) is 4.66. The van der Waals surface area contributed by atoms with Gasteiger partial charge in [-0.25, -0.2) is 9.97 Å². The van der Waals surface area contributed by atoms with E-state index in [2.05, 4.69) is 34.8 Å². The van der Waals surface area contributed by atoms with Crippen molar-refractivity contribution < 1.29 is 0 Å². The number of aromatic nitrogens is 2. The average molecular weight is 220 g/mol. The minimum absolute atomic E-state index is 0.268. The number of anilines is 1. The lowest BCUT2D eigenvalue weighted by molar-refractivity contribution is 0.566. The van der Waals surface area contributed by atoms with Crippen LogP contribution in [0.3, 0.4) is 0 Å². The van der Waals surface area contributed by atoms with Crippen molar-refractivity contribution in [3.8, 4) is 0 Å². The Morgan fingerprint density at radius 2 is 2.25 bits per heavy atom. The summed E-state index contributed by atoms with van der Waals surface area (Å²) in [5.41, 5.74) is 7.14. The van der Waals surface area contributed by atoms with Crippen LogP contribution in [0.15, 0.2) is 12.4 Å². The van der Waals surface area contributed by atoms with E-state index in [-0.39, 0.29) is 6.04 Å². The van der Waals surface area contributed by atoms with Crippen LogP contribution in [-0.4, -0.2) is 29.1 Å². The SMILES string of the molecule is CCCc1cc(N2CC(C)C(N)C2)ncn1. The molecule has 1 saturated heterocycles. The third-order valence-electron chi connectivity index (χ3n) is 3.21. The van der Waals surface area contributed by atoms with Gasteiger partial charge in [0.2, 0.25) is 0 Å². The van der Waals surface area contributed by atoms with E-state index < -0.39 is 0 Å². The average Bonchev–Trinajstić information content (AvgIpc) is 2.60. The number of nitrogens with two attached hydrogens (primary N) is 1. The van der Waals surface area contributed by atoms with E-state index in [1.165, 1.54) is 0 Å². The van der Waals surface area contributed by atoms with Gasteiger partial charge in [-0.2, -0.15) is 0 Å². The van der Waals surface area contributed by atoms with Crippen LogP contribution in [-0.2, 0) is 6.42 Å². The maximum absolute atomic E-state index is 6.02. The fourth-order valence-corrected chi connectivity index (χ4v) is 2.13. The molecule has 0 aliphatic carbocycles. The van der Waals surface area contributed by atoms with Gasteiger partial charge in [-0.1, -0.05) is 20.3 Å². The summed E-state index contributed by atoms with van der Waals surface area (Å²) >= 11 is 0. The van der Waals surface area contributed by atoms with Crippen LogP contribution in [0.5, 0.6) is 0 Å². The summed E-state index contributed by atoms with van der Waals surface area (Å²) in [5, 5.41) is 0. The molecule has 0 bridgehead atoms. The van der Waals surface area contributed by atoms with E-state index in [0.29, 0.717) is 5.92 Å². The minimum Gasteiger partial charge on any atom is -0.355 e. The molecule has 0 saturated carbocycles. The maximum Gasteiger partial charge on any atom is 0.132 e. The minimum atomic E-state index is 0.268. The molecule has 16 heavy (non-hydrogen) atoms. The molecule has 0 radical (unpaired) electrons. The van der Waals surface area contributed by atoms with Gasteiger partial charge in [-0.3, -0.25) is 0 Å². The summed E-state index contributed by atoms with van der Waals surface area (Å²) in [6.07, 6.45) is 3.80. The van der Waals surface area contributed by atoms with Gasteiger partial charge in [0, 0.05) is 30.9 Å². The van der Waals surface area contributed by atoms with E-state index in [0.717, 1.165) is 37.4 Å². The second kappa shape index (κ2) is 4.78. The lowest BCUT2D eigenvalue weighted by atomic mass is 10.1. The number of hydrogen-bond acceptors (Lipinski definition) is 4. The maximum atomic E-state index is 6.02. The molecule has 1 aromatic rings. The third kappa shape index (κ3) is 2.32. The molecule has 1 aliphatic heterocycles. The van der Waals surface area contributed by atoms with Gasteiger partial charge in [0.1, 0.15) is 12.1 Å². The van der Waals surface area contributed by atoms with Crippen LogP contribution >= 0.6 is 0 Å². The Morgan fingerprint density at radius 1 is 1.44 bits per heavy atom. The largest absolute Gasteiger partial charge is 0.355 e. The predicted molar refractivity (Wildman–Crippen MR) is 65.4 cm³/mol. The van der Waals surface area contributed by atoms with E-state index in [1.807, 2.05) is 0 Å². The summed E-state index contributed by atoms with van der Waals surface area (Å²) in [6, 6.07) is 2.36. The molecule has 1 fully saturated rings. The molecule has 4 nitrogen and oxygen atoms in total. The predicted octanol–water partition coefficient (Wildman–Crippen LogP) is 1.21. The van der Waals surface area contributed by atoms with Crippen molar-refractivity contribution in [2.45, 2.75) is 32.7 Å². The fraction of sp³-hybridized carbons (Fsp3) is 0.667. The fourth-order valence-electron chi connectivity index (χ4n) is 2.13. The first-order valence-electron chi connectivity index (χ1n) is 6.02. The van der Waals surface area contributed by atoms with E-state index >= 15 is 0 Å². The van der Waals surface area contributed by atoms with Gasteiger partial charge < -0.3 is 10.6 Å². The Balaban J connectivity index is 2.12. The van der Waals surface area contributed by atoms with Crippen LogP contribution in [0.4, 0.5) is 5.82 Å². The summed E-state index contributed by atoms with van der Waals surface area (Å²) < 4.78 is 0. The quantitative estimate of drug-likeness (QED) is 0.832. The van der Waals surface area contributed by atoms with Gasteiger partial charge >= 0.3 is 0 Å². The van der Waals surface area contributed by atoms with Crippen molar-refractivity contribution in [3.63, 3.8) is 0 Å². The van der Waals surface area contributed by atoms with Crippen LogP contribution in [0, 0.1) is 5.92 Å². The van der Waals surface area contributed by atoms with Crippen molar-refractivity contribution in [3.05, 3.63) is 18.1 Å². The van der Waals surface area contributed by atoms with Crippen LogP contribution in [0.25, 0.3) is 0 Å². The first-order chi connectivity index (χ1) is 7.70. The Kier molecular flexibility index (Phi) is 3.39. The van der Waals surface area contributed by atoms with Crippen LogP contribution in [0.2, 0.25) is 0 Å². The van der Waals surface area contributed by atoms with Crippen molar-refractivity contribution in [1.29, 1.82) is 0 Å². The molecule has 88 valence electrons. The summed E-state index contributed by atoms with van der Waals surface area (Å²) in [7, 11) is 0. The van der Waals surface area contributed by atoms with Gasteiger partial charge in [-0.05, 0) is 12.3 Å². The number of hydrogen-bond donors (Lipinski definition) is 1. The highest BCUT2D eigenvalue weighted by molar-refractivity contribution is 5.41. The zero-order valence-corrected chi connectivity index (χ0v) is 10.1. The molecule has 0 amide bonds. The van der Waals surface area contributed by atoms with E-state index in [1.54, 1.807) is 6.33 Å². The molecule has 0 aromatic carbocycles. The second-order valence-electron chi connectivity index (χ2n) is 4.66. The van der Waals surface area contributed by atoms with Crippen LogP contribution < -0.4 is 10.6 Å². The van der Waals surface area contributed by atoms with Crippen molar-refractivity contribution in [1.82, 2.24) is 9.97 Å². The number of aryl methyl sites for hydroxylation is 1. The van der Waals surface area contributed by atoms with Gasteiger partial charge in [0.25, 0.3) is 0 Å². The molecular formula is C12H20N4. The first-order valence-corrected chi connectivity index (χ1v) is 6.02. The van der Waals surface area contributed by atoms with Gasteiger partial charge in [0.15, 0.2) is 0 Å². The Bertz CT molecular complexity index is 343. The topological polar surface area (TPSA) is 55.0 Å². The van der Waals surface area contributed by atoms with Crippen molar-refractivity contribution in [2.24, 2.45) is 11.7 Å². The molecule has 0 spiro atoms. The number of rotatable bonds is 3. The molecule has 4 heteroatoms.